The molecule has 5 aliphatic heterocycles. The summed E-state index contributed by atoms with van der Waals surface area (Å²) in [6.07, 6.45) is 10.2. The van der Waals surface area contributed by atoms with Crippen LogP contribution in [-0.2, 0) is 49.1 Å². The number of piperidine rings is 1. The second-order valence-electron chi connectivity index (χ2n) is 21.8. The summed E-state index contributed by atoms with van der Waals surface area (Å²) in [4.78, 5) is 74.7. The first-order valence-corrected chi connectivity index (χ1v) is 26.0. The van der Waals surface area contributed by atoms with E-state index in [-0.39, 0.29) is 46.6 Å². The van der Waals surface area contributed by atoms with Crippen LogP contribution in [0.1, 0.15) is 96.6 Å². The quantitative estimate of drug-likeness (QED) is 0.123. The maximum Gasteiger partial charge on any atom is 0.293 e. The average molecular weight is 990 g/mol. The third-order valence-corrected chi connectivity index (χ3v) is 16.3. The summed E-state index contributed by atoms with van der Waals surface area (Å²) in [7, 11) is 1.64. The van der Waals surface area contributed by atoms with E-state index >= 15 is 0 Å². The fourth-order valence-electron chi connectivity index (χ4n) is 12.7. The van der Waals surface area contributed by atoms with Crippen molar-refractivity contribution in [3.05, 3.63) is 118 Å². The van der Waals surface area contributed by atoms with Gasteiger partial charge in [0.1, 0.15) is 11.5 Å². The lowest BCUT2D eigenvalue weighted by molar-refractivity contribution is -0.111. The molecule has 3 fully saturated rings. The van der Waals surface area contributed by atoms with Crippen LogP contribution >= 0.6 is 0 Å². The minimum absolute atomic E-state index is 0.0473. The van der Waals surface area contributed by atoms with Crippen molar-refractivity contribution in [3.63, 3.8) is 0 Å². The Labute approximate surface area is 426 Å². The zero-order chi connectivity index (χ0) is 50.9. The molecule has 3 aromatic heterocycles. The van der Waals surface area contributed by atoms with Gasteiger partial charge in [-0.1, -0.05) is 20.4 Å². The first-order valence-electron chi connectivity index (χ1n) is 26.0. The van der Waals surface area contributed by atoms with Gasteiger partial charge in [-0.25, -0.2) is 9.97 Å². The number of amides is 3. The lowest BCUT2D eigenvalue weighted by Gasteiger charge is -2.48. The Kier molecular flexibility index (Phi) is 12.8. The number of aromatic nitrogens is 4. The number of anilines is 6. The Hall–Kier alpha value is -6.82. The maximum atomic E-state index is 14.1. The molecule has 0 bridgehead atoms. The third kappa shape index (κ3) is 8.98. The van der Waals surface area contributed by atoms with Gasteiger partial charge in [0.25, 0.3) is 17.4 Å². The fourth-order valence-corrected chi connectivity index (χ4v) is 12.7. The Morgan fingerprint density at radius 1 is 0.877 bits per heavy atom. The van der Waals surface area contributed by atoms with Crippen LogP contribution in [0.4, 0.5) is 34.4 Å². The minimum Gasteiger partial charge on any atom is -0.392 e. The van der Waals surface area contributed by atoms with Gasteiger partial charge in [0.2, 0.25) is 5.91 Å². The van der Waals surface area contributed by atoms with Crippen LogP contribution in [0.15, 0.2) is 78.4 Å². The number of carbonyl (C=O) groups excluding carboxylic acids is 3. The van der Waals surface area contributed by atoms with Crippen molar-refractivity contribution in [1.82, 2.24) is 28.9 Å². The number of nitrogens with one attached hydrogen (secondary N) is 2. The first kappa shape index (κ1) is 48.4. The second kappa shape index (κ2) is 19.2. The number of hydrogen-bond donors (Lipinski definition) is 3. The molecule has 1 unspecified atom stereocenters. The molecule has 3 atom stereocenters. The number of aliphatic hydroxyl groups is 1. The summed E-state index contributed by atoms with van der Waals surface area (Å²) < 4.78 is 9.15. The molecule has 11 rings (SSSR count). The minimum atomic E-state index is -0.405. The van der Waals surface area contributed by atoms with E-state index in [9.17, 15) is 24.3 Å². The highest BCUT2D eigenvalue weighted by atomic mass is 16.5. The molecule has 0 saturated carbocycles. The van der Waals surface area contributed by atoms with Crippen LogP contribution < -0.4 is 30.9 Å². The van der Waals surface area contributed by atoms with Gasteiger partial charge in [-0.3, -0.25) is 29.0 Å². The van der Waals surface area contributed by atoms with Crippen LogP contribution in [0.3, 0.4) is 0 Å². The Morgan fingerprint density at radius 2 is 1.70 bits per heavy atom. The summed E-state index contributed by atoms with van der Waals surface area (Å²) in [6, 6.07) is 17.0. The average Bonchev–Trinajstić information content (AvgIpc) is 4.01. The number of ether oxygens (including phenoxy) is 1. The van der Waals surface area contributed by atoms with E-state index < -0.39 is 6.61 Å². The summed E-state index contributed by atoms with van der Waals surface area (Å²) in [5, 5.41) is 17.1. The maximum absolute atomic E-state index is 14.1. The smallest absolute Gasteiger partial charge is 0.293 e. The van der Waals surface area contributed by atoms with E-state index in [2.05, 4.69) is 81.3 Å². The van der Waals surface area contributed by atoms with E-state index in [1.165, 1.54) is 27.6 Å². The van der Waals surface area contributed by atoms with E-state index in [0.29, 0.717) is 84.6 Å². The normalized spacial score (nSPS) is 22.1. The standard InChI is InChI=1S/C56H67N11O6/c1-7-50(69)59-45-27-38(58-51-55(72)61(6)32-46(60-51)43-12-16-57-52(44(43)33-68)66-21-20-65-48(54(66)71)26-36-28-56(4,5)29-49(36)65)8-11-47(45)64-19-18-62(30-35(64)3)40-13-17-63(34(2)24-40)41-9-10-42-37(25-41)31-67(53(42)70)39-14-22-73-23-15-39/h7-12,16,25-27,32,34-35,39-40,68H,1,13-15,17-24,28-31,33H2,2-6H3,(H,58,60)(H,59,69)/t34-,35-,40?/m0/s1. The predicted molar refractivity (Wildman–Crippen MR) is 283 cm³/mol. The van der Waals surface area contributed by atoms with Crippen molar-refractivity contribution >= 4 is 52.1 Å². The molecule has 17 heteroatoms. The van der Waals surface area contributed by atoms with E-state index in [1.807, 2.05) is 35.2 Å². The summed E-state index contributed by atoms with van der Waals surface area (Å²) in [6.45, 7) is 18.9. The van der Waals surface area contributed by atoms with E-state index in [1.54, 1.807) is 30.4 Å². The zero-order valence-electron chi connectivity index (χ0n) is 42.7. The van der Waals surface area contributed by atoms with Crippen LogP contribution in [0.2, 0.25) is 0 Å². The number of carbonyl (C=O) groups is 3. The number of fused-ring (bicyclic) bond motifs is 4. The van der Waals surface area contributed by atoms with Gasteiger partial charge in [-0.05, 0) is 124 Å². The molecule has 6 aliphatic rings. The molecular formula is C56H67N11O6. The van der Waals surface area contributed by atoms with E-state index in [0.717, 1.165) is 81.5 Å². The molecule has 17 nitrogen and oxygen atoms in total. The molecule has 8 heterocycles. The molecule has 73 heavy (non-hydrogen) atoms. The van der Waals surface area contributed by atoms with Crippen molar-refractivity contribution in [1.29, 1.82) is 0 Å². The number of hydrogen-bond acceptors (Lipinski definition) is 12. The van der Waals surface area contributed by atoms with Crippen molar-refractivity contribution in [2.24, 2.45) is 12.5 Å². The predicted octanol–water partition coefficient (Wildman–Crippen LogP) is 6.49. The second-order valence-corrected chi connectivity index (χ2v) is 21.8. The van der Waals surface area contributed by atoms with Crippen molar-refractivity contribution in [2.75, 3.05) is 71.3 Å². The number of rotatable bonds is 11. The van der Waals surface area contributed by atoms with Gasteiger partial charge in [0, 0.05) is 136 Å². The van der Waals surface area contributed by atoms with Gasteiger partial charge in [-0.2, -0.15) is 0 Å². The summed E-state index contributed by atoms with van der Waals surface area (Å²) in [5.41, 5.74) is 9.38. The van der Waals surface area contributed by atoms with Crippen molar-refractivity contribution in [3.8, 4) is 11.3 Å². The van der Waals surface area contributed by atoms with E-state index in [4.69, 9.17) is 9.72 Å². The van der Waals surface area contributed by atoms with Crippen molar-refractivity contribution in [2.45, 2.75) is 110 Å². The number of aryl methyl sites for hydroxylation is 1. The Bertz CT molecular complexity index is 3080. The first-order chi connectivity index (χ1) is 35.2. The SMILES string of the molecule is C=CC(=O)Nc1cc(Nc2nc(-c3ccnc(N4CCn5c(cc6c5CC(C)(C)C6)C4=O)c3CO)cn(C)c2=O)ccc1N1CCN(C2CCN(c3ccc4c(c3)CN(C3CCOCC3)C4=O)[C@@H](C)C2)C[C@@H]1C. The molecule has 0 radical (unpaired) electrons. The van der Waals surface area contributed by atoms with Gasteiger partial charge in [0.05, 0.1) is 23.7 Å². The lowest BCUT2D eigenvalue weighted by Crippen LogP contribution is -2.58. The van der Waals surface area contributed by atoms with Crippen LogP contribution in [-0.4, -0.2) is 122 Å². The third-order valence-electron chi connectivity index (χ3n) is 16.3. The van der Waals surface area contributed by atoms with Gasteiger partial charge in [0.15, 0.2) is 5.82 Å². The number of piperazine rings is 1. The molecule has 0 spiro atoms. The van der Waals surface area contributed by atoms with Gasteiger partial charge < -0.3 is 44.3 Å². The molecule has 382 valence electrons. The monoisotopic (exact) mass is 990 g/mol. The number of pyridine rings is 1. The van der Waals surface area contributed by atoms with Crippen LogP contribution in [0, 0.1) is 5.41 Å². The number of benzene rings is 2. The molecule has 1 aliphatic carbocycles. The largest absolute Gasteiger partial charge is 0.392 e. The van der Waals surface area contributed by atoms with Gasteiger partial charge >= 0.3 is 0 Å². The highest BCUT2D eigenvalue weighted by Gasteiger charge is 2.39. The highest BCUT2D eigenvalue weighted by molar-refractivity contribution is 6.06. The molecule has 3 N–H and O–H groups in total. The highest BCUT2D eigenvalue weighted by Crippen LogP contribution is 2.41. The van der Waals surface area contributed by atoms with Crippen LogP contribution in [0.5, 0.6) is 0 Å². The lowest BCUT2D eigenvalue weighted by atomic mass is 9.90. The topological polar surface area (TPSA) is 174 Å². The summed E-state index contributed by atoms with van der Waals surface area (Å²) in [5.74, 6) is 0.0384. The van der Waals surface area contributed by atoms with Gasteiger partial charge in [-0.15, -0.1) is 0 Å². The zero-order valence-corrected chi connectivity index (χ0v) is 42.7. The molecule has 2 aromatic carbocycles. The Morgan fingerprint density at radius 3 is 2.47 bits per heavy atom. The van der Waals surface area contributed by atoms with Crippen molar-refractivity contribution < 1.29 is 24.2 Å². The molecule has 3 amide bonds. The number of nitrogens with zero attached hydrogens (tertiary/aromatic N) is 9. The fraction of sp³-hybridized carbons (Fsp3) is 0.464. The molecule has 3 saturated heterocycles. The van der Waals surface area contributed by atoms with Crippen LogP contribution in [0.25, 0.3) is 11.3 Å². The summed E-state index contributed by atoms with van der Waals surface area (Å²) >= 11 is 0. The molecular weight excluding hydrogens is 923 g/mol. The Balaban J connectivity index is 0.777. The number of aliphatic hydroxyl groups excluding tert-OH is 1. The molecule has 5 aromatic rings.